The first kappa shape index (κ1) is 25.3. The molecule has 1 amide bonds. The van der Waals surface area contributed by atoms with Crippen molar-refractivity contribution in [2.45, 2.75) is 38.2 Å². The molecular weight excluding hydrogens is 527 g/mol. The Labute approximate surface area is 221 Å². The highest BCUT2D eigenvalue weighted by Crippen LogP contribution is 2.41. The Bertz CT molecular complexity index is 1700. The smallest absolute Gasteiger partial charge is 0.390 e. The van der Waals surface area contributed by atoms with E-state index in [2.05, 4.69) is 27.1 Å². The Morgan fingerprint density at radius 3 is 2.79 bits per heavy atom. The summed E-state index contributed by atoms with van der Waals surface area (Å²) in [7, 11) is -2.89. The molecular formula is C25H24N6O7P+. The van der Waals surface area contributed by atoms with Crippen molar-refractivity contribution in [1.82, 2.24) is 19.5 Å². The van der Waals surface area contributed by atoms with Gasteiger partial charge >= 0.3 is 8.25 Å². The molecule has 1 fully saturated rings. The first-order valence-corrected chi connectivity index (χ1v) is 13.3. The number of carbonyl (C=O) groups is 1. The number of aromatic nitrogens is 4. The van der Waals surface area contributed by atoms with Crippen LogP contribution in [-0.4, -0.2) is 54.2 Å². The molecule has 1 aliphatic carbocycles. The van der Waals surface area contributed by atoms with Crippen LogP contribution in [0.5, 0.6) is 0 Å². The molecule has 39 heavy (non-hydrogen) atoms. The first-order chi connectivity index (χ1) is 18.7. The van der Waals surface area contributed by atoms with Crippen molar-refractivity contribution in [3.63, 3.8) is 0 Å². The summed E-state index contributed by atoms with van der Waals surface area (Å²) in [6, 6.07) is 13.7. The van der Waals surface area contributed by atoms with Crippen molar-refractivity contribution >= 4 is 42.9 Å². The molecule has 3 heterocycles. The number of benzene rings is 2. The highest BCUT2D eigenvalue weighted by molar-refractivity contribution is 7.32. The molecule has 0 radical (unpaired) electrons. The number of carbonyl (C=O) groups excluding carboxylic acids is 1. The molecule has 1 saturated heterocycles. The maximum absolute atomic E-state index is 13.1. The van der Waals surface area contributed by atoms with E-state index < -0.39 is 32.2 Å². The number of H-pyrrole nitrogens is 1. The van der Waals surface area contributed by atoms with Crippen molar-refractivity contribution in [3.8, 4) is 11.1 Å². The number of fused-ring (bicyclic) bond motifs is 4. The minimum absolute atomic E-state index is 0.00826. The third-order valence-electron chi connectivity index (χ3n) is 6.94. The lowest BCUT2D eigenvalue weighted by Gasteiger charge is -2.24. The topological polar surface area (TPSA) is 186 Å². The van der Waals surface area contributed by atoms with Gasteiger partial charge in [-0.05, 0) is 40.8 Å². The Morgan fingerprint density at radius 2 is 2.03 bits per heavy atom. The van der Waals surface area contributed by atoms with Crippen LogP contribution in [0.15, 0.2) is 47.3 Å². The van der Waals surface area contributed by atoms with Gasteiger partial charge in [0.1, 0.15) is 18.9 Å². The third kappa shape index (κ3) is 4.40. The maximum atomic E-state index is 13.1. The lowest BCUT2D eigenvalue weighted by Crippen LogP contribution is -2.28. The SMILES string of the molecule is CC(=O)N(c1ccc2c(c1)Cc1ccccc1-2)c1nc2c(=O)[nH]c(N)nc2n1[C@H]1C[C@H](O)[C@@H](CO[P+](=O)O)O1. The fourth-order valence-corrected chi connectivity index (χ4v) is 5.56. The van der Waals surface area contributed by atoms with Gasteiger partial charge in [-0.1, -0.05) is 30.3 Å². The third-order valence-corrected chi connectivity index (χ3v) is 7.31. The number of aliphatic hydroxyl groups excluding tert-OH is 1. The van der Waals surface area contributed by atoms with Crippen molar-refractivity contribution < 1.29 is 28.6 Å². The Balaban J connectivity index is 1.47. The van der Waals surface area contributed by atoms with Crippen LogP contribution in [-0.2, 0) is 25.0 Å². The zero-order valence-electron chi connectivity index (χ0n) is 20.6. The van der Waals surface area contributed by atoms with Crippen molar-refractivity contribution in [3.05, 3.63) is 63.9 Å². The van der Waals surface area contributed by atoms with Crippen LogP contribution in [0.1, 0.15) is 30.7 Å². The fraction of sp³-hybridized carbons (Fsp3) is 0.280. The second-order valence-corrected chi connectivity index (χ2v) is 10.1. The van der Waals surface area contributed by atoms with Crippen LogP contribution < -0.4 is 16.2 Å². The van der Waals surface area contributed by atoms with E-state index in [1.807, 2.05) is 24.3 Å². The summed E-state index contributed by atoms with van der Waals surface area (Å²) < 4.78 is 23.2. The quantitative estimate of drug-likeness (QED) is 0.228. The van der Waals surface area contributed by atoms with Gasteiger partial charge in [-0.2, -0.15) is 4.98 Å². The predicted molar refractivity (Wildman–Crippen MR) is 140 cm³/mol. The van der Waals surface area contributed by atoms with Gasteiger partial charge in [0.25, 0.3) is 5.56 Å². The summed E-state index contributed by atoms with van der Waals surface area (Å²) in [4.78, 5) is 47.4. The number of anilines is 3. The summed E-state index contributed by atoms with van der Waals surface area (Å²) in [5.74, 6) is -0.508. The van der Waals surface area contributed by atoms with E-state index in [0.717, 1.165) is 16.7 Å². The number of nitrogens with zero attached hydrogens (tertiary/aromatic N) is 4. The van der Waals surface area contributed by atoms with Gasteiger partial charge in [-0.25, -0.2) is 4.98 Å². The highest BCUT2D eigenvalue weighted by atomic mass is 31.1. The van der Waals surface area contributed by atoms with E-state index in [1.54, 1.807) is 6.07 Å². The molecule has 1 aliphatic heterocycles. The molecule has 200 valence electrons. The van der Waals surface area contributed by atoms with E-state index in [4.69, 9.17) is 19.9 Å². The second kappa shape index (κ2) is 9.63. The number of rotatable bonds is 6. The molecule has 0 spiro atoms. The van der Waals surface area contributed by atoms with Gasteiger partial charge in [0.05, 0.1) is 11.8 Å². The Hall–Kier alpha value is -4.00. The monoisotopic (exact) mass is 551 g/mol. The standard InChI is InChI=1S/C25H23N6O7P/c1-12(32)30(15-6-7-17-14(9-15)8-13-4-2-3-5-16(13)17)25-27-21-22(28-24(26)29-23(21)34)31(25)20-10-18(33)19(38-20)11-37-39(35)36/h2-7,9,18-20,33H,8,10-11H2,1H3,(H3-,26,28,29,34,35,36)/p+1/t18-,19+,20+/m0/s1. The summed E-state index contributed by atoms with van der Waals surface area (Å²) in [6.45, 7) is 1.03. The number of aromatic amines is 1. The normalized spacial score (nSPS) is 20.2. The molecule has 2 aliphatic rings. The highest BCUT2D eigenvalue weighted by Gasteiger charge is 2.40. The first-order valence-electron chi connectivity index (χ1n) is 12.1. The van der Waals surface area contributed by atoms with E-state index in [-0.39, 0.29) is 42.0 Å². The molecule has 2 aromatic carbocycles. The number of ether oxygens (including phenoxy) is 1. The molecule has 1 unspecified atom stereocenters. The summed E-state index contributed by atoms with van der Waals surface area (Å²) >= 11 is 0. The summed E-state index contributed by atoms with van der Waals surface area (Å²) in [5.41, 5.74) is 10.1. The zero-order chi connectivity index (χ0) is 27.4. The van der Waals surface area contributed by atoms with Gasteiger partial charge in [0, 0.05) is 17.9 Å². The van der Waals surface area contributed by atoms with E-state index in [0.29, 0.717) is 12.1 Å². The summed E-state index contributed by atoms with van der Waals surface area (Å²) in [5, 5.41) is 10.6. The second-order valence-electron chi connectivity index (χ2n) is 9.40. The molecule has 4 atom stereocenters. The zero-order valence-corrected chi connectivity index (χ0v) is 21.5. The van der Waals surface area contributed by atoms with Crippen LogP contribution >= 0.6 is 8.25 Å². The molecule has 13 nitrogen and oxygen atoms in total. The lowest BCUT2D eigenvalue weighted by molar-refractivity contribution is -0.116. The number of amides is 1. The largest absolute Gasteiger partial charge is 0.694 e. The number of hydrogen-bond donors (Lipinski definition) is 4. The average Bonchev–Trinajstić information content (AvgIpc) is 3.55. The van der Waals surface area contributed by atoms with Gasteiger partial charge in [0.15, 0.2) is 11.2 Å². The van der Waals surface area contributed by atoms with Crippen LogP contribution in [0.4, 0.5) is 17.6 Å². The van der Waals surface area contributed by atoms with Gasteiger partial charge in [-0.15, -0.1) is 9.42 Å². The molecule has 0 bridgehead atoms. The minimum Gasteiger partial charge on any atom is -0.390 e. The fourth-order valence-electron chi connectivity index (χ4n) is 5.28. The van der Waals surface area contributed by atoms with E-state index in [1.165, 1.54) is 22.0 Å². The maximum Gasteiger partial charge on any atom is 0.694 e. The minimum atomic E-state index is -2.89. The van der Waals surface area contributed by atoms with Gasteiger partial charge in [-0.3, -0.25) is 24.0 Å². The molecule has 2 aromatic heterocycles. The number of hydrogen-bond acceptors (Lipinski definition) is 9. The number of nitrogens with one attached hydrogen (secondary N) is 1. The Kier molecular flexibility index (Phi) is 6.25. The molecule has 0 saturated carbocycles. The van der Waals surface area contributed by atoms with Crippen LogP contribution in [0.25, 0.3) is 22.3 Å². The van der Waals surface area contributed by atoms with Crippen molar-refractivity contribution in [2.24, 2.45) is 0 Å². The van der Waals surface area contributed by atoms with Crippen LogP contribution in [0, 0.1) is 0 Å². The molecule has 6 rings (SSSR count). The molecule has 5 N–H and O–H groups in total. The van der Waals surface area contributed by atoms with Crippen molar-refractivity contribution in [1.29, 1.82) is 0 Å². The van der Waals surface area contributed by atoms with E-state index >= 15 is 0 Å². The Morgan fingerprint density at radius 1 is 1.26 bits per heavy atom. The average molecular weight is 551 g/mol. The van der Waals surface area contributed by atoms with Gasteiger partial charge in [0.2, 0.25) is 17.8 Å². The molecule has 14 heteroatoms. The summed E-state index contributed by atoms with van der Waals surface area (Å²) in [6.07, 6.45) is -2.26. The van der Waals surface area contributed by atoms with Crippen LogP contribution in [0.2, 0.25) is 0 Å². The van der Waals surface area contributed by atoms with Crippen LogP contribution in [0.3, 0.4) is 0 Å². The van der Waals surface area contributed by atoms with Crippen molar-refractivity contribution in [2.75, 3.05) is 17.2 Å². The number of imidazole rings is 1. The number of nitrogens with two attached hydrogens (primary N) is 1. The molecule has 4 aromatic rings. The number of nitrogen functional groups attached to an aromatic ring is 1. The number of aliphatic hydroxyl groups is 1. The lowest BCUT2D eigenvalue weighted by atomic mass is 10.1. The van der Waals surface area contributed by atoms with Gasteiger partial charge < -0.3 is 15.6 Å². The van der Waals surface area contributed by atoms with E-state index in [9.17, 15) is 19.3 Å². The predicted octanol–water partition coefficient (Wildman–Crippen LogP) is 2.27.